The predicted molar refractivity (Wildman–Crippen MR) is 100 cm³/mol. The van der Waals surface area contributed by atoms with E-state index in [2.05, 4.69) is 5.32 Å². The second kappa shape index (κ2) is 7.09. The van der Waals surface area contributed by atoms with Gasteiger partial charge in [0.05, 0.1) is 17.5 Å². The molecule has 1 spiro atoms. The van der Waals surface area contributed by atoms with Crippen molar-refractivity contribution in [2.75, 3.05) is 18.4 Å². The molecule has 2 heterocycles. The van der Waals surface area contributed by atoms with Gasteiger partial charge in [-0.25, -0.2) is 4.79 Å². The summed E-state index contributed by atoms with van der Waals surface area (Å²) in [5.41, 5.74) is -0.873. The maximum atomic E-state index is 13.0. The molecular weight excluding hydrogens is 385 g/mol. The van der Waals surface area contributed by atoms with Gasteiger partial charge < -0.3 is 15.0 Å². The number of hydrogen-bond donors (Lipinski definition) is 1. The molecule has 5 nitrogen and oxygen atoms in total. The van der Waals surface area contributed by atoms with Crippen molar-refractivity contribution in [1.82, 2.24) is 4.90 Å². The Labute approximate surface area is 165 Å². The number of carbonyl (C=O) groups excluding carboxylic acids is 2. The van der Waals surface area contributed by atoms with E-state index < -0.39 is 17.3 Å². The molecule has 0 saturated carbocycles. The number of anilines is 1. The van der Waals surface area contributed by atoms with Crippen molar-refractivity contribution in [2.45, 2.75) is 31.0 Å². The van der Waals surface area contributed by atoms with Crippen molar-refractivity contribution in [3.05, 3.63) is 59.7 Å². The van der Waals surface area contributed by atoms with Crippen molar-refractivity contribution in [2.24, 2.45) is 0 Å². The number of rotatable bonds is 1. The Morgan fingerprint density at radius 2 is 1.76 bits per heavy atom. The summed E-state index contributed by atoms with van der Waals surface area (Å²) in [7, 11) is 0. The molecule has 2 aromatic rings. The summed E-state index contributed by atoms with van der Waals surface area (Å²) in [6, 6.07) is 11.7. The number of alkyl halides is 3. The molecule has 8 heteroatoms. The summed E-state index contributed by atoms with van der Waals surface area (Å²) in [6.07, 6.45) is -3.67. The minimum Gasteiger partial charge on any atom is -0.486 e. The average Bonchev–Trinajstić information content (AvgIpc) is 2.68. The Hall–Kier alpha value is -3.03. The van der Waals surface area contributed by atoms with E-state index in [1.807, 2.05) is 18.2 Å². The first kappa shape index (κ1) is 19.3. The third-order valence-electron chi connectivity index (χ3n) is 5.41. The number of urea groups is 1. The molecule has 2 aliphatic rings. The van der Waals surface area contributed by atoms with Crippen LogP contribution >= 0.6 is 0 Å². The first-order valence-corrected chi connectivity index (χ1v) is 9.30. The molecule has 0 aliphatic carbocycles. The third kappa shape index (κ3) is 3.92. The molecule has 2 aromatic carbocycles. The quantitative estimate of drug-likeness (QED) is 0.747. The highest BCUT2D eigenvalue weighted by atomic mass is 19.4. The normalized spacial score (nSPS) is 18.2. The van der Waals surface area contributed by atoms with Crippen LogP contribution in [0.4, 0.5) is 23.7 Å². The Morgan fingerprint density at radius 3 is 2.41 bits per heavy atom. The molecule has 1 saturated heterocycles. The van der Waals surface area contributed by atoms with Crippen LogP contribution in [0.5, 0.6) is 5.75 Å². The minimum absolute atomic E-state index is 0.0294. The molecule has 1 N–H and O–H groups in total. The Bertz CT molecular complexity index is 936. The largest absolute Gasteiger partial charge is 0.486 e. The molecule has 0 bridgehead atoms. The summed E-state index contributed by atoms with van der Waals surface area (Å²) < 4.78 is 45.0. The molecule has 152 valence electrons. The second-order valence-electron chi connectivity index (χ2n) is 7.38. The first-order chi connectivity index (χ1) is 13.8. The molecule has 0 aromatic heterocycles. The van der Waals surface area contributed by atoms with Gasteiger partial charge in [-0.1, -0.05) is 18.2 Å². The minimum atomic E-state index is -4.51. The monoisotopic (exact) mass is 404 g/mol. The van der Waals surface area contributed by atoms with Crippen molar-refractivity contribution in [1.29, 1.82) is 0 Å². The van der Waals surface area contributed by atoms with Gasteiger partial charge in [0.25, 0.3) is 0 Å². The van der Waals surface area contributed by atoms with E-state index in [1.54, 1.807) is 17.0 Å². The summed E-state index contributed by atoms with van der Waals surface area (Å²) >= 11 is 0. The molecule has 0 unspecified atom stereocenters. The molecular formula is C21H19F3N2O3. The Morgan fingerprint density at radius 1 is 1.07 bits per heavy atom. The van der Waals surface area contributed by atoms with Crippen LogP contribution in [0.3, 0.4) is 0 Å². The van der Waals surface area contributed by atoms with Gasteiger partial charge >= 0.3 is 12.2 Å². The molecule has 29 heavy (non-hydrogen) atoms. The van der Waals surface area contributed by atoms with Crippen LogP contribution in [0, 0.1) is 0 Å². The second-order valence-corrected chi connectivity index (χ2v) is 7.38. The number of nitrogens with zero attached hydrogens (tertiary/aromatic N) is 1. The lowest BCUT2D eigenvalue weighted by molar-refractivity contribution is -0.137. The number of likely N-dealkylation sites (tertiary alicyclic amines) is 1. The number of ether oxygens (including phenoxy) is 1. The van der Waals surface area contributed by atoms with E-state index in [0.29, 0.717) is 31.6 Å². The fourth-order valence-corrected chi connectivity index (χ4v) is 3.79. The SMILES string of the molecule is O=C1CC2(CCN(C(=O)Nc3ccccc3)CC2)Oc2cc(C(F)(F)F)ccc21. The zero-order valence-corrected chi connectivity index (χ0v) is 15.5. The lowest BCUT2D eigenvalue weighted by Crippen LogP contribution is -2.53. The van der Waals surface area contributed by atoms with E-state index >= 15 is 0 Å². The van der Waals surface area contributed by atoms with Crippen LogP contribution in [0.2, 0.25) is 0 Å². The smallest absolute Gasteiger partial charge is 0.416 e. The van der Waals surface area contributed by atoms with Gasteiger partial charge in [-0.15, -0.1) is 0 Å². The number of hydrogen-bond acceptors (Lipinski definition) is 3. The van der Waals surface area contributed by atoms with Gasteiger partial charge in [-0.2, -0.15) is 13.2 Å². The van der Waals surface area contributed by atoms with Gasteiger partial charge in [0.2, 0.25) is 0 Å². The fraction of sp³-hybridized carbons (Fsp3) is 0.333. The van der Waals surface area contributed by atoms with E-state index in [9.17, 15) is 22.8 Å². The van der Waals surface area contributed by atoms with Crippen LogP contribution in [0.1, 0.15) is 35.2 Å². The van der Waals surface area contributed by atoms with Crippen molar-refractivity contribution in [3.63, 3.8) is 0 Å². The molecule has 4 rings (SSSR count). The van der Waals surface area contributed by atoms with E-state index in [4.69, 9.17) is 4.74 Å². The number of piperidine rings is 1. The van der Waals surface area contributed by atoms with E-state index in [-0.39, 0.29) is 29.5 Å². The number of benzene rings is 2. The molecule has 1 fully saturated rings. The number of halogens is 3. The maximum Gasteiger partial charge on any atom is 0.416 e. The van der Waals surface area contributed by atoms with Crippen molar-refractivity contribution < 1.29 is 27.5 Å². The van der Waals surface area contributed by atoms with Crippen LogP contribution in [0.15, 0.2) is 48.5 Å². The van der Waals surface area contributed by atoms with E-state index in [0.717, 1.165) is 12.1 Å². The highest BCUT2D eigenvalue weighted by Gasteiger charge is 2.44. The van der Waals surface area contributed by atoms with Gasteiger partial charge in [-0.3, -0.25) is 4.79 Å². The third-order valence-corrected chi connectivity index (χ3v) is 5.41. The van der Waals surface area contributed by atoms with Gasteiger partial charge in [0, 0.05) is 31.6 Å². The van der Waals surface area contributed by atoms with Gasteiger partial charge in [-0.05, 0) is 30.3 Å². The maximum absolute atomic E-state index is 13.0. The number of nitrogens with one attached hydrogen (secondary N) is 1. The van der Waals surface area contributed by atoms with Crippen molar-refractivity contribution in [3.8, 4) is 5.75 Å². The lowest BCUT2D eigenvalue weighted by Gasteiger charge is -2.44. The van der Waals surface area contributed by atoms with Gasteiger partial charge in [0.15, 0.2) is 5.78 Å². The van der Waals surface area contributed by atoms with Crippen molar-refractivity contribution >= 4 is 17.5 Å². The van der Waals surface area contributed by atoms with Crippen LogP contribution in [-0.4, -0.2) is 35.4 Å². The average molecular weight is 404 g/mol. The highest BCUT2D eigenvalue weighted by molar-refractivity contribution is 6.00. The van der Waals surface area contributed by atoms with Crippen LogP contribution < -0.4 is 10.1 Å². The van der Waals surface area contributed by atoms with Crippen LogP contribution in [-0.2, 0) is 6.18 Å². The summed E-state index contributed by atoms with van der Waals surface area (Å²) in [4.78, 5) is 26.6. The zero-order valence-electron chi connectivity index (χ0n) is 15.5. The summed E-state index contributed by atoms with van der Waals surface area (Å²) in [5.74, 6) is -0.263. The number of Topliss-reactive ketones (excluding diaryl/α,β-unsaturated/α-hetero) is 1. The Balaban J connectivity index is 1.46. The van der Waals surface area contributed by atoms with Crippen LogP contribution in [0.25, 0.3) is 0 Å². The molecule has 0 radical (unpaired) electrons. The van der Waals surface area contributed by atoms with Gasteiger partial charge in [0.1, 0.15) is 11.4 Å². The standard InChI is InChI=1S/C21H19F3N2O3/c22-21(23,24)14-6-7-16-17(27)13-20(29-18(16)12-14)8-10-26(11-9-20)19(28)25-15-4-2-1-3-5-15/h1-7,12H,8-11,13H2,(H,25,28). The number of ketones is 1. The number of fused-ring (bicyclic) bond motifs is 1. The summed E-state index contributed by atoms with van der Waals surface area (Å²) in [5, 5.41) is 2.81. The number of amides is 2. The fourth-order valence-electron chi connectivity index (χ4n) is 3.79. The lowest BCUT2D eigenvalue weighted by atomic mass is 9.82. The molecule has 2 aliphatic heterocycles. The Kier molecular flexibility index (Phi) is 4.72. The molecule has 2 amide bonds. The first-order valence-electron chi connectivity index (χ1n) is 9.30. The zero-order chi connectivity index (χ0) is 20.6. The summed E-state index contributed by atoms with van der Waals surface area (Å²) in [6.45, 7) is 0.695. The topological polar surface area (TPSA) is 58.6 Å². The van der Waals surface area contributed by atoms with E-state index in [1.165, 1.54) is 6.07 Å². The number of carbonyl (C=O) groups is 2. The highest BCUT2D eigenvalue weighted by Crippen LogP contribution is 2.42. The molecule has 0 atom stereocenters. The number of para-hydroxylation sites is 1. The predicted octanol–water partition coefficient (Wildman–Crippen LogP) is 4.74.